The van der Waals surface area contributed by atoms with Gasteiger partial charge in [-0.2, -0.15) is 0 Å². The quantitative estimate of drug-likeness (QED) is 0.683. The van der Waals surface area contributed by atoms with Crippen LogP contribution in [0.25, 0.3) is 0 Å². The number of benzene rings is 2. The Hall–Kier alpha value is -3.20. The molecule has 2 aliphatic heterocycles. The topological polar surface area (TPSA) is 111 Å². The second-order valence-corrected chi connectivity index (χ2v) is 7.99. The van der Waals surface area contributed by atoms with E-state index >= 15 is 0 Å². The predicted molar refractivity (Wildman–Crippen MR) is 113 cm³/mol. The summed E-state index contributed by atoms with van der Waals surface area (Å²) in [6.07, 6.45) is 0.122. The van der Waals surface area contributed by atoms with Gasteiger partial charge >= 0.3 is 0 Å². The molecule has 8 nitrogen and oxygen atoms in total. The maximum absolute atomic E-state index is 12.8. The minimum Gasteiger partial charge on any atom is -0.486 e. The van der Waals surface area contributed by atoms with E-state index in [1.165, 1.54) is 11.8 Å². The van der Waals surface area contributed by atoms with Crippen LogP contribution in [0.5, 0.6) is 11.5 Å². The first kappa shape index (κ1) is 20.1. The molecule has 0 spiro atoms. The van der Waals surface area contributed by atoms with Gasteiger partial charge in [-0.25, -0.2) is 0 Å². The van der Waals surface area contributed by atoms with Crippen molar-refractivity contribution in [2.24, 2.45) is 11.7 Å². The average molecular weight is 427 g/mol. The number of rotatable bonds is 6. The van der Waals surface area contributed by atoms with Gasteiger partial charge in [0.15, 0.2) is 11.5 Å². The Morgan fingerprint density at radius 3 is 2.70 bits per heavy atom. The fourth-order valence-electron chi connectivity index (χ4n) is 3.41. The van der Waals surface area contributed by atoms with Crippen molar-refractivity contribution >= 4 is 40.9 Å². The molecule has 2 aromatic carbocycles. The molecule has 2 aromatic rings. The Labute approximate surface area is 177 Å². The van der Waals surface area contributed by atoms with Crippen molar-refractivity contribution in [3.05, 3.63) is 42.5 Å². The van der Waals surface area contributed by atoms with Crippen molar-refractivity contribution in [2.45, 2.75) is 11.3 Å². The second kappa shape index (κ2) is 8.66. The van der Waals surface area contributed by atoms with Crippen LogP contribution in [0, 0.1) is 5.92 Å². The van der Waals surface area contributed by atoms with E-state index in [0.717, 1.165) is 4.90 Å². The molecular weight excluding hydrogens is 406 g/mol. The minimum atomic E-state index is -0.486. The number of anilines is 2. The number of nitrogens with one attached hydrogen (secondary N) is 1. The highest BCUT2D eigenvalue weighted by atomic mass is 32.2. The molecule has 1 saturated heterocycles. The number of para-hydroxylation sites is 1. The number of fused-ring (bicyclic) bond motifs is 1. The molecule has 2 aliphatic rings. The molecule has 156 valence electrons. The third-order valence-corrected chi connectivity index (χ3v) is 5.94. The van der Waals surface area contributed by atoms with Crippen molar-refractivity contribution in [3.63, 3.8) is 0 Å². The predicted octanol–water partition coefficient (Wildman–Crippen LogP) is 2.03. The molecule has 1 fully saturated rings. The Morgan fingerprint density at radius 2 is 1.90 bits per heavy atom. The fraction of sp³-hybridized carbons (Fsp3) is 0.286. The van der Waals surface area contributed by atoms with Gasteiger partial charge in [-0.05, 0) is 24.3 Å². The summed E-state index contributed by atoms with van der Waals surface area (Å²) in [7, 11) is 0. The van der Waals surface area contributed by atoms with Crippen molar-refractivity contribution in [1.29, 1.82) is 0 Å². The van der Waals surface area contributed by atoms with Gasteiger partial charge in [0.05, 0.1) is 17.4 Å². The molecule has 2 heterocycles. The zero-order chi connectivity index (χ0) is 21.1. The summed E-state index contributed by atoms with van der Waals surface area (Å²) in [5.41, 5.74) is 6.49. The van der Waals surface area contributed by atoms with Gasteiger partial charge in [-0.15, -0.1) is 11.8 Å². The largest absolute Gasteiger partial charge is 0.486 e. The van der Waals surface area contributed by atoms with Crippen molar-refractivity contribution in [3.8, 4) is 11.5 Å². The molecule has 1 atom stereocenters. The number of thioether (sulfide) groups is 1. The van der Waals surface area contributed by atoms with Crippen LogP contribution >= 0.6 is 11.8 Å². The average Bonchev–Trinajstić information content (AvgIpc) is 3.14. The Bertz CT molecular complexity index is 996. The highest BCUT2D eigenvalue weighted by Crippen LogP contribution is 2.36. The summed E-state index contributed by atoms with van der Waals surface area (Å²) in [4.78, 5) is 38.8. The van der Waals surface area contributed by atoms with Gasteiger partial charge in [0.25, 0.3) is 0 Å². The number of nitrogens with two attached hydrogens (primary N) is 1. The molecular formula is C21H21N3O5S. The fourth-order valence-corrected chi connectivity index (χ4v) is 4.16. The van der Waals surface area contributed by atoms with Gasteiger partial charge in [0, 0.05) is 29.6 Å². The maximum Gasteiger partial charge on any atom is 0.229 e. The first-order chi connectivity index (χ1) is 14.5. The molecule has 9 heteroatoms. The van der Waals surface area contributed by atoms with Crippen LogP contribution in [0.2, 0.25) is 0 Å². The first-order valence-corrected chi connectivity index (χ1v) is 10.5. The monoisotopic (exact) mass is 427 g/mol. The number of carbonyl (C=O) groups excluding carboxylic acids is 3. The lowest BCUT2D eigenvalue weighted by atomic mass is 10.1. The van der Waals surface area contributed by atoms with Crippen molar-refractivity contribution < 1.29 is 23.9 Å². The van der Waals surface area contributed by atoms with Crippen LogP contribution in [0.1, 0.15) is 6.42 Å². The van der Waals surface area contributed by atoms with Gasteiger partial charge in [-0.3, -0.25) is 14.4 Å². The van der Waals surface area contributed by atoms with Gasteiger partial charge in [0.2, 0.25) is 17.7 Å². The maximum atomic E-state index is 12.8. The minimum absolute atomic E-state index is 0.118. The van der Waals surface area contributed by atoms with Gasteiger partial charge in [-0.1, -0.05) is 12.1 Å². The highest BCUT2D eigenvalue weighted by molar-refractivity contribution is 8.00. The number of hydrogen-bond acceptors (Lipinski definition) is 6. The Morgan fingerprint density at radius 1 is 1.13 bits per heavy atom. The van der Waals surface area contributed by atoms with Crippen LogP contribution in [-0.4, -0.2) is 43.2 Å². The van der Waals surface area contributed by atoms with E-state index in [1.807, 2.05) is 12.1 Å². The number of hydrogen-bond donors (Lipinski definition) is 2. The van der Waals surface area contributed by atoms with Crippen LogP contribution in [-0.2, 0) is 14.4 Å². The van der Waals surface area contributed by atoms with Crippen molar-refractivity contribution in [2.75, 3.05) is 35.7 Å². The Kier molecular flexibility index (Phi) is 5.80. The molecule has 0 saturated carbocycles. The number of ether oxygens (including phenoxy) is 2. The lowest BCUT2D eigenvalue weighted by Gasteiger charge is -2.22. The summed E-state index contributed by atoms with van der Waals surface area (Å²) in [6.45, 7) is 1.24. The van der Waals surface area contributed by atoms with Gasteiger partial charge in [0.1, 0.15) is 13.2 Å². The zero-order valence-corrected chi connectivity index (χ0v) is 16.9. The molecule has 4 rings (SSSR count). The number of primary amides is 1. The lowest BCUT2D eigenvalue weighted by Crippen LogP contribution is -2.28. The van der Waals surface area contributed by atoms with E-state index in [-0.39, 0.29) is 30.5 Å². The van der Waals surface area contributed by atoms with Crippen LogP contribution in [0.15, 0.2) is 47.4 Å². The van der Waals surface area contributed by atoms with E-state index in [4.69, 9.17) is 15.2 Å². The number of nitrogens with zero attached hydrogens (tertiary/aromatic N) is 1. The van der Waals surface area contributed by atoms with E-state index in [9.17, 15) is 14.4 Å². The van der Waals surface area contributed by atoms with Crippen LogP contribution in [0.3, 0.4) is 0 Å². The number of carbonyl (C=O) groups is 3. The van der Waals surface area contributed by atoms with E-state index in [0.29, 0.717) is 36.1 Å². The summed E-state index contributed by atoms with van der Waals surface area (Å²) in [6, 6.07) is 12.5. The lowest BCUT2D eigenvalue weighted by molar-refractivity contribution is -0.122. The Balaban J connectivity index is 1.44. The van der Waals surface area contributed by atoms with Gasteiger partial charge < -0.3 is 25.4 Å². The SMILES string of the molecule is NC(=O)CSc1ccccc1NC(=O)C1CC(=O)N(c2ccc3c(c2)OCCO3)C1. The summed E-state index contributed by atoms with van der Waals surface area (Å²) in [5, 5.41) is 2.88. The molecule has 30 heavy (non-hydrogen) atoms. The highest BCUT2D eigenvalue weighted by Gasteiger charge is 2.35. The van der Waals surface area contributed by atoms with E-state index < -0.39 is 11.8 Å². The third-order valence-electron chi connectivity index (χ3n) is 4.85. The zero-order valence-electron chi connectivity index (χ0n) is 16.1. The molecule has 3 amide bonds. The molecule has 0 bridgehead atoms. The summed E-state index contributed by atoms with van der Waals surface area (Å²) >= 11 is 1.26. The van der Waals surface area contributed by atoms with Crippen LogP contribution in [0.4, 0.5) is 11.4 Å². The summed E-state index contributed by atoms with van der Waals surface area (Å²) in [5.74, 6) is 0.0826. The van der Waals surface area contributed by atoms with Crippen LogP contribution < -0.4 is 25.4 Å². The first-order valence-electron chi connectivity index (χ1n) is 9.52. The molecule has 0 radical (unpaired) electrons. The third kappa shape index (κ3) is 4.35. The smallest absolute Gasteiger partial charge is 0.229 e. The number of amides is 3. The van der Waals surface area contributed by atoms with E-state index in [1.54, 1.807) is 35.2 Å². The van der Waals surface area contributed by atoms with E-state index in [2.05, 4.69) is 5.32 Å². The van der Waals surface area contributed by atoms with Crippen molar-refractivity contribution in [1.82, 2.24) is 0 Å². The normalized spacial score (nSPS) is 17.7. The summed E-state index contributed by atoms with van der Waals surface area (Å²) < 4.78 is 11.1. The standard InChI is InChI=1S/C21H21N3O5S/c22-19(25)12-30-18-4-2-1-3-15(18)23-21(27)13-9-20(26)24(11-13)14-5-6-16-17(10-14)29-8-7-28-16/h1-6,10,13H,7-9,11-12H2,(H2,22,25)(H,23,27). The molecule has 0 aromatic heterocycles. The molecule has 0 aliphatic carbocycles. The second-order valence-electron chi connectivity index (χ2n) is 6.97. The molecule has 3 N–H and O–H groups in total. The molecule has 1 unspecified atom stereocenters.